The average Bonchev–Trinajstić information content (AvgIpc) is 3.37. The number of benzene rings is 1. The van der Waals surface area contributed by atoms with Crippen molar-refractivity contribution in [2.45, 2.75) is 38.9 Å². The van der Waals surface area contributed by atoms with Gasteiger partial charge in [0.05, 0.1) is 22.3 Å². The van der Waals surface area contributed by atoms with E-state index in [1.54, 1.807) is 30.5 Å². The Balaban J connectivity index is 1.57. The Kier molecular flexibility index (Phi) is 7.02. The number of pyridine rings is 2. The Labute approximate surface area is 221 Å². The van der Waals surface area contributed by atoms with Gasteiger partial charge in [-0.2, -0.15) is 4.98 Å². The van der Waals surface area contributed by atoms with Crippen molar-refractivity contribution in [3.05, 3.63) is 48.7 Å². The van der Waals surface area contributed by atoms with E-state index in [2.05, 4.69) is 25.2 Å². The zero-order chi connectivity index (χ0) is 27.0. The molecule has 0 amide bonds. The monoisotopic (exact) mass is 519 g/mol. The van der Waals surface area contributed by atoms with Crippen molar-refractivity contribution in [2.75, 3.05) is 43.9 Å². The van der Waals surface area contributed by atoms with Crippen LogP contribution in [0.3, 0.4) is 0 Å². The lowest BCUT2D eigenvalue weighted by molar-refractivity contribution is 0.0263. The average molecular weight is 520 g/mol. The van der Waals surface area contributed by atoms with Gasteiger partial charge >= 0.3 is 0 Å². The van der Waals surface area contributed by atoms with E-state index in [0.717, 1.165) is 18.8 Å². The maximum absolute atomic E-state index is 15.4. The molecule has 1 aliphatic heterocycles. The largest absolute Gasteiger partial charge is 0.473 e. The number of halogens is 1. The predicted octanol–water partition coefficient (Wildman–Crippen LogP) is 4.38. The Morgan fingerprint density at radius 3 is 2.76 bits per heavy atom. The molecule has 4 heterocycles. The van der Waals surface area contributed by atoms with Crippen LogP contribution in [0.5, 0.6) is 5.88 Å². The summed E-state index contributed by atoms with van der Waals surface area (Å²) in [7, 11) is 3.96. The lowest BCUT2D eigenvalue weighted by atomic mass is 9.90. The minimum absolute atomic E-state index is 0.130. The number of nitrogens with one attached hydrogen (secondary N) is 1. The highest BCUT2D eigenvalue weighted by Crippen LogP contribution is 2.37. The molecule has 0 unspecified atom stereocenters. The number of hydrogen-bond acceptors (Lipinski definition) is 9. The summed E-state index contributed by atoms with van der Waals surface area (Å²) in [5.41, 5.74) is 0.707. The van der Waals surface area contributed by atoms with Crippen LogP contribution in [0.15, 0.2) is 42.9 Å². The molecule has 3 aromatic heterocycles. The number of fused-ring (bicyclic) bond motifs is 2. The van der Waals surface area contributed by atoms with E-state index in [0.29, 0.717) is 46.6 Å². The quantitative estimate of drug-likeness (QED) is 0.351. The summed E-state index contributed by atoms with van der Waals surface area (Å²) >= 11 is 0. The summed E-state index contributed by atoms with van der Waals surface area (Å²) in [5, 5.41) is 14.7. The van der Waals surface area contributed by atoms with Gasteiger partial charge in [-0.15, -0.1) is 0 Å². The number of aromatic nitrogens is 4. The van der Waals surface area contributed by atoms with Crippen LogP contribution >= 0.6 is 0 Å². The summed E-state index contributed by atoms with van der Waals surface area (Å²) in [4.78, 5) is 22.3. The fourth-order valence-electron chi connectivity index (χ4n) is 5.00. The SMILES string of the molecule is C[C@H](CN(C)C)Oc1nc(N2CC[C@H](C(C)(C)O)C2)cc2ncnc(Nc3ccc4ncccc4c3F)c12. The molecule has 10 heteroatoms. The van der Waals surface area contributed by atoms with E-state index in [-0.39, 0.29) is 17.7 Å². The van der Waals surface area contributed by atoms with Crippen LogP contribution in [-0.4, -0.2) is 75.4 Å². The maximum Gasteiger partial charge on any atom is 0.229 e. The molecule has 0 aliphatic carbocycles. The van der Waals surface area contributed by atoms with Crippen molar-refractivity contribution in [1.29, 1.82) is 0 Å². The predicted molar refractivity (Wildman–Crippen MR) is 148 cm³/mol. The van der Waals surface area contributed by atoms with Crippen LogP contribution in [0.25, 0.3) is 21.8 Å². The minimum atomic E-state index is -0.774. The van der Waals surface area contributed by atoms with Crippen LogP contribution in [0, 0.1) is 11.7 Å². The van der Waals surface area contributed by atoms with Crippen molar-refractivity contribution in [3.8, 4) is 5.88 Å². The second-order valence-electron chi connectivity index (χ2n) is 10.8. The fourth-order valence-corrected chi connectivity index (χ4v) is 5.00. The van der Waals surface area contributed by atoms with Crippen LogP contribution in [0.4, 0.5) is 21.7 Å². The van der Waals surface area contributed by atoms with Gasteiger partial charge in [0.1, 0.15) is 29.5 Å². The molecule has 1 saturated heterocycles. The van der Waals surface area contributed by atoms with Crippen molar-refractivity contribution in [3.63, 3.8) is 0 Å². The molecule has 1 aromatic carbocycles. The topological polar surface area (TPSA) is 99.5 Å². The highest BCUT2D eigenvalue weighted by Gasteiger charge is 2.34. The van der Waals surface area contributed by atoms with E-state index in [9.17, 15) is 5.11 Å². The number of hydrogen-bond donors (Lipinski definition) is 2. The second-order valence-corrected chi connectivity index (χ2v) is 10.8. The summed E-state index contributed by atoms with van der Waals surface area (Å²) in [6.45, 7) is 7.81. The normalized spacial score (nSPS) is 16.9. The lowest BCUT2D eigenvalue weighted by Crippen LogP contribution is -2.33. The van der Waals surface area contributed by atoms with Crippen molar-refractivity contribution in [1.82, 2.24) is 24.8 Å². The standard InChI is InChI=1S/C28H34FN7O2/c1-17(14-35(4)5)38-27-24-22(13-23(34-27)36-12-10-18(15-36)28(2,3)37)31-16-32-26(24)33-21-9-8-20-19(25(21)29)7-6-11-30-20/h6-9,11,13,16-18,37H,10,12,14-15H2,1-5H3,(H,31,32,33)/t17-,18+/m1/s1. The molecule has 0 spiro atoms. The third-order valence-electron chi connectivity index (χ3n) is 6.99. The van der Waals surface area contributed by atoms with Gasteiger partial charge in [-0.05, 0) is 65.6 Å². The molecule has 5 rings (SSSR count). The molecular weight excluding hydrogens is 485 g/mol. The van der Waals surface area contributed by atoms with E-state index < -0.39 is 11.4 Å². The van der Waals surface area contributed by atoms with Gasteiger partial charge in [0.2, 0.25) is 5.88 Å². The molecule has 2 atom stereocenters. The molecule has 38 heavy (non-hydrogen) atoms. The highest BCUT2D eigenvalue weighted by atomic mass is 19.1. The van der Waals surface area contributed by atoms with E-state index in [1.807, 2.05) is 45.8 Å². The van der Waals surface area contributed by atoms with Gasteiger partial charge in [-0.1, -0.05) is 0 Å². The Morgan fingerprint density at radius 2 is 2.03 bits per heavy atom. The van der Waals surface area contributed by atoms with Gasteiger partial charge < -0.3 is 25.0 Å². The third kappa shape index (κ3) is 5.32. The Bertz CT molecular complexity index is 1460. The molecule has 2 N–H and O–H groups in total. The molecule has 0 saturated carbocycles. The maximum atomic E-state index is 15.4. The number of nitrogens with zero attached hydrogens (tertiary/aromatic N) is 6. The van der Waals surface area contributed by atoms with Crippen LogP contribution < -0.4 is 15.0 Å². The molecule has 0 radical (unpaired) electrons. The van der Waals surface area contributed by atoms with E-state index >= 15 is 4.39 Å². The van der Waals surface area contributed by atoms with Gasteiger partial charge in [-0.25, -0.2) is 14.4 Å². The number of aliphatic hydroxyl groups is 1. The zero-order valence-electron chi connectivity index (χ0n) is 22.4. The number of anilines is 3. The number of ether oxygens (including phenoxy) is 1. The zero-order valence-corrected chi connectivity index (χ0v) is 22.4. The van der Waals surface area contributed by atoms with Crippen LogP contribution in [0.1, 0.15) is 27.2 Å². The molecule has 0 bridgehead atoms. The first-order valence-electron chi connectivity index (χ1n) is 12.8. The first-order valence-corrected chi connectivity index (χ1v) is 12.8. The smallest absolute Gasteiger partial charge is 0.229 e. The van der Waals surface area contributed by atoms with Gasteiger partial charge in [0.15, 0.2) is 5.82 Å². The highest BCUT2D eigenvalue weighted by molar-refractivity contribution is 5.97. The fraction of sp³-hybridized carbons (Fsp3) is 0.429. The third-order valence-corrected chi connectivity index (χ3v) is 6.99. The minimum Gasteiger partial charge on any atom is -0.473 e. The van der Waals surface area contributed by atoms with Gasteiger partial charge in [-0.3, -0.25) is 4.98 Å². The van der Waals surface area contributed by atoms with E-state index in [4.69, 9.17) is 9.72 Å². The first kappa shape index (κ1) is 26.0. The molecule has 1 aliphatic rings. The lowest BCUT2D eigenvalue weighted by Gasteiger charge is -2.26. The molecular formula is C28H34FN7O2. The Hall–Kier alpha value is -3.63. The van der Waals surface area contributed by atoms with Crippen molar-refractivity contribution < 1.29 is 14.2 Å². The molecule has 9 nitrogen and oxygen atoms in total. The second kappa shape index (κ2) is 10.3. The van der Waals surface area contributed by atoms with Gasteiger partial charge in [0, 0.05) is 43.2 Å². The summed E-state index contributed by atoms with van der Waals surface area (Å²) in [5.74, 6) is 1.22. The summed E-state index contributed by atoms with van der Waals surface area (Å²) < 4.78 is 21.7. The Morgan fingerprint density at radius 1 is 1.21 bits per heavy atom. The first-order chi connectivity index (χ1) is 18.1. The van der Waals surface area contributed by atoms with E-state index in [1.165, 1.54) is 6.33 Å². The van der Waals surface area contributed by atoms with Crippen molar-refractivity contribution >= 4 is 39.1 Å². The summed E-state index contributed by atoms with van der Waals surface area (Å²) in [6.07, 6.45) is 3.78. The van der Waals surface area contributed by atoms with Crippen LogP contribution in [-0.2, 0) is 0 Å². The number of rotatable bonds is 8. The summed E-state index contributed by atoms with van der Waals surface area (Å²) in [6, 6.07) is 8.72. The molecule has 1 fully saturated rings. The van der Waals surface area contributed by atoms with Crippen LogP contribution in [0.2, 0.25) is 0 Å². The molecule has 4 aromatic rings. The van der Waals surface area contributed by atoms with Crippen molar-refractivity contribution in [2.24, 2.45) is 5.92 Å². The van der Waals surface area contributed by atoms with Gasteiger partial charge in [0.25, 0.3) is 0 Å². The number of likely N-dealkylation sites (N-methyl/N-ethyl adjacent to an activating group) is 1. The molecule has 200 valence electrons.